The van der Waals surface area contributed by atoms with Crippen LogP contribution in [0.15, 0.2) is 72.8 Å². The van der Waals surface area contributed by atoms with Crippen molar-refractivity contribution in [1.82, 2.24) is 0 Å². The van der Waals surface area contributed by atoms with Crippen LogP contribution < -0.4 is 14.4 Å². The topological polar surface area (TPSA) is 75.7 Å². The number of nitrogens with zero attached hydrogens (tertiary/aromatic N) is 1. The number of amides is 1. The van der Waals surface area contributed by atoms with Crippen molar-refractivity contribution in [3.8, 4) is 5.75 Å². The van der Waals surface area contributed by atoms with Crippen molar-refractivity contribution >= 4 is 38.9 Å². The van der Waals surface area contributed by atoms with Crippen LogP contribution in [0, 0.1) is 0 Å². The molecular weight excluding hydrogens is 436 g/mol. The third kappa shape index (κ3) is 5.00. The van der Waals surface area contributed by atoms with Gasteiger partial charge in [-0.1, -0.05) is 35.9 Å². The Balaban J connectivity index is 1.44. The van der Waals surface area contributed by atoms with E-state index in [4.69, 9.17) is 16.3 Å². The Labute approximate surface area is 186 Å². The second kappa shape index (κ2) is 8.99. The molecule has 1 aliphatic heterocycles. The maximum atomic E-state index is 12.8. The third-order valence-corrected chi connectivity index (χ3v) is 7.07. The van der Waals surface area contributed by atoms with Crippen LogP contribution in [0.2, 0.25) is 5.02 Å². The second-order valence-corrected chi connectivity index (χ2v) is 9.60. The lowest BCUT2D eigenvalue weighted by Crippen LogP contribution is -2.25. The Kier molecular flexibility index (Phi) is 6.15. The quantitative estimate of drug-likeness (QED) is 0.582. The van der Waals surface area contributed by atoms with Crippen LogP contribution in [0.4, 0.5) is 11.4 Å². The molecule has 0 bridgehead atoms. The fraction of sp³-hybridized carbons (Fsp3) is 0.174. The molecule has 1 aliphatic rings. The summed E-state index contributed by atoms with van der Waals surface area (Å²) in [4.78, 5) is 12.8. The Morgan fingerprint density at radius 1 is 1.00 bits per heavy atom. The zero-order chi connectivity index (χ0) is 21.8. The predicted molar refractivity (Wildman–Crippen MR) is 122 cm³/mol. The molecule has 160 valence electrons. The normalized spacial score (nSPS) is 14.9. The number of hydrogen-bond acceptors (Lipinski definition) is 4. The number of para-hydroxylation sites is 1. The number of anilines is 2. The van der Waals surface area contributed by atoms with Crippen LogP contribution in [0.3, 0.4) is 0 Å². The Bertz CT molecular complexity index is 1180. The van der Waals surface area contributed by atoms with Gasteiger partial charge < -0.3 is 10.1 Å². The Morgan fingerprint density at radius 2 is 1.71 bits per heavy atom. The summed E-state index contributed by atoms with van der Waals surface area (Å²) in [7, 11) is -3.23. The number of benzene rings is 3. The molecule has 0 spiro atoms. The zero-order valence-electron chi connectivity index (χ0n) is 16.6. The highest BCUT2D eigenvalue weighted by Crippen LogP contribution is 2.26. The molecule has 1 amide bonds. The highest BCUT2D eigenvalue weighted by Gasteiger charge is 2.28. The number of hydrogen-bond donors (Lipinski definition) is 1. The highest BCUT2D eigenvalue weighted by atomic mass is 35.5. The van der Waals surface area contributed by atoms with E-state index in [0.717, 1.165) is 5.56 Å². The lowest BCUT2D eigenvalue weighted by Gasteiger charge is -2.17. The fourth-order valence-electron chi connectivity index (χ4n) is 3.36. The third-order valence-electron chi connectivity index (χ3n) is 4.95. The smallest absolute Gasteiger partial charge is 0.259 e. The van der Waals surface area contributed by atoms with Crippen molar-refractivity contribution in [2.24, 2.45) is 0 Å². The summed E-state index contributed by atoms with van der Waals surface area (Å²) in [6.45, 7) is 0.785. The number of ether oxygens (including phenoxy) is 1. The van der Waals surface area contributed by atoms with E-state index in [-0.39, 0.29) is 11.7 Å². The number of carbonyl (C=O) groups excluding carboxylic acids is 1. The lowest BCUT2D eigenvalue weighted by molar-refractivity contribution is 0.102. The van der Waals surface area contributed by atoms with Crippen LogP contribution >= 0.6 is 11.6 Å². The first-order valence-electron chi connectivity index (χ1n) is 9.80. The minimum atomic E-state index is -3.23. The lowest BCUT2D eigenvalue weighted by atomic mass is 10.1. The molecule has 3 aromatic rings. The van der Waals surface area contributed by atoms with E-state index in [2.05, 4.69) is 5.32 Å². The van der Waals surface area contributed by atoms with E-state index in [0.29, 0.717) is 47.3 Å². The van der Waals surface area contributed by atoms with Crippen molar-refractivity contribution in [3.05, 3.63) is 88.9 Å². The van der Waals surface area contributed by atoms with E-state index in [1.807, 2.05) is 12.1 Å². The number of rotatable bonds is 6. The van der Waals surface area contributed by atoms with Gasteiger partial charge in [0.1, 0.15) is 12.4 Å². The minimum Gasteiger partial charge on any atom is -0.488 e. The van der Waals surface area contributed by atoms with Gasteiger partial charge in [0.15, 0.2) is 0 Å². The van der Waals surface area contributed by atoms with Gasteiger partial charge in [-0.2, -0.15) is 0 Å². The van der Waals surface area contributed by atoms with Crippen molar-refractivity contribution < 1.29 is 17.9 Å². The molecule has 31 heavy (non-hydrogen) atoms. The molecule has 1 saturated heterocycles. The fourth-order valence-corrected chi connectivity index (χ4v) is 5.05. The predicted octanol–water partition coefficient (Wildman–Crippen LogP) is 4.71. The van der Waals surface area contributed by atoms with Gasteiger partial charge in [-0.25, -0.2) is 8.42 Å². The summed E-state index contributed by atoms with van der Waals surface area (Å²) >= 11 is 5.91. The van der Waals surface area contributed by atoms with Crippen LogP contribution in [0.25, 0.3) is 0 Å². The average molecular weight is 457 g/mol. The standard InChI is InChI=1S/C23H21ClN2O4S/c24-18-8-6-17(7-9-18)16-30-22-5-2-1-4-21(22)23(27)25-19-10-12-20(13-11-19)26-14-3-15-31(26,28)29/h1-2,4-13H,3,14-16H2,(H,25,27). The van der Waals surface area contributed by atoms with E-state index in [1.54, 1.807) is 60.7 Å². The summed E-state index contributed by atoms with van der Waals surface area (Å²) < 4.78 is 31.4. The molecule has 1 fully saturated rings. The summed E-state index contributed by atoms with van der Waals surface area (Å²) in [6.07, 6.45) is 0.619. The molecule has 0 unspecified atom stereocenters. The van der Waals surface area contributed by atoms with E-state index in [1.165, 1.54) is 4.31 Å². The second-order valence-electron chi connectivity index (χ2n) is 7.15. The molecule has 0 radical (unpaired) electrons. The molecule has 1 N–H and O–H groups in total. The molecule has 1 heterocycles. The molecule has 0 aromatic heterocycles. The number of carbonyl (C=O) groups is 1. The van der Waals surface area contributed by atoms with E-state index in [9.17, 15) is 13.2 Å². The first-order chi connectivity index (χ1) is 14.9. The first-order valence-corrected chi connectivity index (χ1v) is 11.8. The molecule has 4 rings (SSSR count). The summed E-state index contributed by atoms with van der Waals surface area (Å²) in [6, 6.07) is 21.1. The monoisotopic (exact) mass is 456 g/mol. The van der Waals surface area contributed by atoms with Gasteiger partial charge in [0, 0.05) is 17.3 Å². The van der Waals surface area contributed by atoms with Crippen molar-refractivity contribution in [3.63, 3.8) is 0 Å². The van der Waals surface area contributed by atoms with Gasteiger partial charge in [-0.3, -0.25) is 9.10 Å². The van der Waals surface area contributed by atoms with E-state index >= 15 is 0 Å². The van der Waals surface area contributed by atoms with Gasteiger partial charge in [-0.15, -0.1) is 0 Å². The maximum absolute atomic E-state index is 12.8. The molecule has 0 atom stereocenters. The largest absolute Gasteiger partial charge is 0.488 e. The average Bonchev–Trinajstić information content (AvgIpc) is 3.13. The SMILES string of the molecule is O=C(Nc1ccc(N2CCCS2(=O)=O)cc1)c1ccccc1OCc1ccc(Cl)cc1. The van der Waals surface area contributed by atoms with Crippen LogP contribution in [-0.4, -0.2) is 26.6 Å². The van der Waals surface area contributed by atoms with Gasteiger partial charge in [0.2, 0.25) is 10.0 Å². The summed E-state index contributed by atoms with van der Waals surface area (Å²) in [5, 5.41) is 3.49. The van der Waals surface area contributed by atoms with Crippen LogP contribution in [-0.2, 0) is 16.6 Å². The van der Waals surface area contributed by atoms with Gasteiger partial charge in [-0.05, 0) is 60.5 Å². The minimum absolute atomic E-state index is 0.165. The van der Waals surface area contributed by atoms with Crippen molar-refractivity contribution in [2.45, 2.75) is 13.0 Å². The molecule has 6 nitrogen and oxygen atoms in total. The van der Waals surface area contributed by atoms with Crippen LogP contribution in [0.5, 0.6) is 5.75 Å². The molecule has 3 aromatic carbocycles. The molecule has 0 aliphatic carbocycles. The maximum Gasteiger partial charge on any atom is 0.259 e. The Morgan fingerprint density at radius 3 is 2.39 bits per heavy atom. The van der Waals surface area contributed by atoms with Crippen LogP contribution in [0.1, 0.15) is 22.3 Å². The van der Waals surface area contributed by atoms with E-state index < -0.39 is 10.0 Å². The van der Waals surface area contributed by atoms with Gasteiger partial charge in [0.05, 0.1) is 17.0 Å². The molecular formula is C23H21ClN2O4S. The number of sulfonamides is 1. The first kappa shape index (κ1) is 21.2. The summed E-state index contributed by atoms with van der Waals surface area (Å²) in [5.74, 6) is 0.321. The Hall–Kier alpha value is -3.03. The highest BCUT2D eigenvalue weighted by molar-refractivity contribution is 7.93. The number of nitrogens with one attached hydrogen (secondary N) is 1. The molecule has 0 saturated carbocycles. The number of halogens is 1. The van der Waals surface area contributed by atoms with Gasteiger partial charge >= 0.3 is 0 Å². The zero-order valence-corrected chi connectivity index (χ0v) is 18.2. The van der Waals surface area contributed by atoms with Crippen molar-refractivity contribution in [2.75, 3.05) is 21.9 Å². The van der Waals surface area contributed by atoms with Gasteiger partial charge in [0.25, 0.3) is 5.91 Å². The molecule has 8 heteroatoms. The summed E-state index contributed by atoms with van der Waals surface area (Å²) in [5.41, 5.74) is 2.51. The van der Waals surface area contributed by atoms with Crippen molar-refractivity contribution in [1.29, 1.82) is 0 Å².